The summed E-state index contributed by atoms with van der Waals surface area (Å²) in [5.41, 5.74) is 7.72. The maximum Gasteiger partial charge on any atom is 0.247 e. The summed E-state index contributed by atoms with van der Waals surface area (Å²) in [4.78, 5) is 24.8. The predicted octanol–water partition coefficient (Wildman–Crippen LogP) is 2.66. The number of hydrogen-bond donors (Lipinski definition) is 3. The lowest BCUT2D eigenvalue weighted by Crippen LogP contribution is -2.45. The predicted molar refractivity (Wildman–Crippen MR) is 99.5 cm³/mol. The van der Waals surface area contributed by atoms with E-state index >= 15 is 0 Å². The molecule has 1 fully saturated rings. The Kier molecular flexibility index (Phi) is 5.50. The van der Waals surface area contributed by atoms with E-state index in [4.69, 9.17) is 0 Å². The lowest BCUT2D eigenvalue weighted by Gasteiger charge is -2.20. The molecule has 0 saturated carbocycles. The second-order valence-corrected chi connectivity index (χ2v) is 7.07. The number of hydrazine groups is 1. The number of benzene rings is 2. The maximum atomic E-state index is 12.6. The molecule has 1 heterocycles. The van der Waals surface area contributed by atoms with E-state index in [2.05, 4.69) is 32.1 Å². The van der Waals surface area contributed by atoms with Crippen molar-refractivity contribution in [1.82, 2.24) is 16.2 Å². The van der Waals surface area contributed by atoms with Crippen LogP contribution in [0.2, 0.25) is 0 Å². The highest BCUT2D eigenvalue weighted by atomic mass is 79.9. The minimum atomic E-state index is -0.732. The molecule has 3 N–H and O–H groups in total. The molecule has 130 valence electrons. The summed E-state index contributed by atoms with van der Waals surface area (Å²) in [6.07, 6.45) is 0. The first-order chi connectivity index (χ1) is 12.1. The molecule has 0 bridgehead atoms. The largest absolute Gasteiger partial charge is 0.355 e. The van der Waals surface area contributed by atoms with Gasteiger partial charge in [0.1, 0.15) is 5.92 Å². The fraction of sp³-hybridized carbons (Fsp3) is 0.263. The van der Waals surface area contributed by atoms with Crippen LogP contribution in [-0.2, 0) is 9.59 Å². The molecular weight excluding hydrogens is 382 g/mol. The van der Waals surface area contributed by atoms with Gasteiger partial charge in [-0.1, -0.05) is 58.4 Å². The van der Waals surface area contributed by atoms with Crippen LogP contribution in [0.4, 0.5) is 0 Å². The van der Waals surface area contributed by atoms with Crippen molar-refractivity contribution in [2.75, 3.05) is 6.54 Å². The molecule has 2 aromatic rings. The topological polar surface area (TPSA) is 70.2 Å². The zero-order valence-corrected chi connectivity index (χ0v) is 15.4. The highest BCUT2D eigenvalue weighted by molar-refractivity contribution is 9.10. The first kappa shape index (κ1) is 17.6. The van der Waals surface area contributed by atoms with Crippen molar-refractivity contribution in [3.63, 3.8) is 0 Å². The summed E-state index contributed by atoms with van der Waals surface area (Å²) in [5.74, 6) is -1.43. The van der Waals surface area contributed by atoms with Crippen molar-refractivity contribution in [3.8, 4) is 0 Å². The quantitative estimate of drug-likeness (QED) is 0.532. The third-order valence-electron chi connectivity index (χ3n) is 4.45. The first-order valence-electron chi connectivity index (χ1n) is 8.20. The zero-order valence-electron chi connectivity index (χ0n) is 13.8. The Hall–Kier alpha value is -2.18. The van der Waals surface area contributed by atoms with E-state index in [-0.39, 0.29) is 23.8 Å². The van der Waals surface area contributed by atoms with Crippen molar-refractivity contribution >= 4 is 27.7 Å². The van der Waals surface area contributed by atoms with Crippen molar-refractivity contribution in [3.05, 3.63) is 70.2 Å². The van der Waals surface area contributed by atoms with Gasteiger partial charge in [-0.05, 0) is 30.2 Å². The van der Waals surface area contributed by atoms with Gasteiger partial charge in [-0.3, -0.25) is 15.0 Å². The summed E-state index contributed by atoms with van der Waals surface area (Å²) >= 11 is 3.44. The highest BCUT2D eigenvalue weighted by Crippen LogP contribution is 2.29. The van der Waals surface area contributed by atoms with E-state index in [9.17, 15) is 9.59 Å². The van der Waals surface area contributed by atoms with Crippen molar-refractivity contribution in [1.29, 1.82) is 0 Å². The van der Waals surface area contributed by atoms with Gasteiger partial charge >= 0.3 is 0 Å². The normalized spacial score (nSPS) is 20.8. The van der Waals surface area contributed by atoms with Gasteiger partial charge in [-0.15, -0.1) is 0 Å². The number of amides is 2. The number of carbonyl (C=O) groups excluding carboxylic acids is 2. The summed E-state index contributed by atoms with van der Waals surface area (Å²) in [6.45, 7) is 2.42. The smallest absolute Gasteiger partial charge is 0.247 e. The molecule has 3 rings (SSSR count). The van der Waals surface area contributed by atoms with Gasteiger partial charge in [-0.2, -0.15) is 0 Å². The van der Waals surface area contributed by atoms with Gasteiger partial charge in [0.25, 0.3) is 0 Å². The molecule has 0 spiro atoms. The Morgan fingerprint density at radius 1 is 1.20 bits per heavy atom. The third kappa shape index (κ3) is 4.08. The maximum absolute atomic E-state index is 12.6. The van der Waals surface area contributed by atoms with Crippen LogP contribution in [0, 0.1) is 5.92 Å². The molecule has 5 nitrogen and oxygen atoms in total. The molecule has 3 atom stereocenters. The van der Waals surface area contributed by atoms with Crippen molar-refractivity contribution in [2.45, 2.75) is 18.9 Å². The molecule has 1 saturated heterocycles. The highest BCUT2D eigenvalue weighted by Gasteiger charge is 2.41. The monoisotopic (exact) mass is 401 g/mol. The summed E-state index contributed by atoms with van der Waals surface area (Å²) in [6, 6.07) is 17.4. The van der Waals surface area contributed by atoms with Gasteiger partial charge < -0.3 is 5.32 Å². The van der Waals surface area contributed by atoms with E-state index in [1.54, 1.807) is 0 Å². The molecule has 0 aliphatic carbocycles. The minimum absolute atomic E-state index is 0.0823. The molecule has 6 heteroatoms. The Labute approximate surface area is 155 Å². The fourth-order valence-electron chi connectivity index (χ4n) is 3.05. The van der Waals surface area contributed by atoms with Crippen LogP contribution in [-0.4, -0.2) is 18.4 Å². The number of carbonyl (C=O) groups is 2. The second-order valence-electron chi connectivity index (χ2n) is 6.15. The van der Waals surface area contributed by atoms with Gasteiger partial charge in [0, 0.05) is 23.0 Å². The molecule has 2 amide bonds. The lowest BCUT2D eigenvalue weighted by atomic mass is 9.88. The minimum Gasteiger partial charge on any atom is -0.355 e. The van der Waals surface area contributed by atoms with Crippen LogP contribution in [0.15, 0.2) is 59.1 Å². The molecule has 1 aliphatic rings. The number of rotatable bonds is 5. The standard InChI is InChI=1S/C19H20BrN3O2/c1-12(14-8-5-9-15(20)10-14)22-23-19(25)17-16(11-21-18(17)24)13-6-3-2-4-7-13/h2-10,12,16-17,22H,11H2,1H3,(H,21,24)(H,23,25). The average molecular weight is 402 g/mol. The average Bonchev–Trinajstić information content (AvgIpc) is 3.02. The van der Waals surface area contributed by atoms with Gasteiger partial charge in [-0.25, -0.2) is 5.43 Å². The molecule has 1 aliphatic heterocycles. The van der Waals surface area contributed by atoms with Crippen LogP contribution >= 0.6 is 15.9 Å². The second kappa shape index (κ2) is 7.80. The van der Waals surface area contributed by atoms with Crippen LogP contribution in [0.3, 0.4) is 0 Å². The van der Waals surface area contributed by atoms with Crippen LogP contribution in [0.1, 0.15) is 30.0 Å². The molecule has 0 aromatic heterocycles. The number of hydrogen-bond acceptors (Lipinski definition) is 3. The van der Waals surface area contributed by atoms with Crippen molar-refractivity contribution < 1.29 is 9.59 Å². The van der Waals surface area contributed by atoms with Gasteiger partial charge in [0.05, 0.1) is 0 Å². The molecular formula is C19H20BrN3O2. The fourth-order valence-corrected chi connectivity index (χ4v) is 3.47. The summed E-state index contributed by atoms with van der Waals surface area (Å²) in [5, 5.41) is 2.79. The molecule has 2 aromatic carbocycles. The Bertz CT molecular complexity index is 766. The van der Waals surface area contributed by atoms with E-state index < -0.39 is 5.92 Å². The summed E-state index contributed by atoms with van der Waals surface area (Å²) < 4.78 is 0.976. The zero-order chi connectivity index (χ0) is 17.8. The lowest BCUT2D eigenvalue weighted by molar-refractivity contribution is -0.134. The molecule has 3 unspecified atom stereocenters. The Morgan fingerprint density at radius 3 is 2.68 bits per heavy atom. The van der Waals surface area contributed by atoms with Crippen LogP contribution in [0.25, 0.3) is 0 Å². The number of nitrogens with one attached hydrogen (secondary N) is 3. The van der Waals surface area contributed by atoms with Gasteiger partial charge in [0.2, 0.25) is 11.8 Å². The van der Waals surface area contributed by atoms with E-state index in [0.29, 0.717) is 6.54 Å². The van der Waals surface area contributed by atoms with E-state index in [1.807, 2.05) is 61.5 Å². The van der Waals surface area contributed by atoms with Crippen molar-refractivity contribution in [2.24, 2.45) is 5.92 Å². The Balaban J connectivity index is 1.66. The number of halogens is 1. The SMILES string of the molecule is CC(NNC(=O)C1C(=O)NCC1c1ccccc1)c1cccc(Br)c1. The first-order valence-corrected chi connectivity index (χ1v) is 8.99. The van der Waals surface area contributed by atoms with E-state index in [0.717, 1.165) is 15.6 Å². The Morgan fingerprint density at radius 2 is 1.96 bits per heavy atom. The van der Waals surface area contributed by atoms with E-state index in [1.165, 1.54) is 0 Å². The summed E-state index contributed by atoms with van der Waals surface area (Å²) in [7, 11) is 0. The molecule has 25 heavy (non-hydrogen) atoms. The van der Waals surface area contributed by atoms with Crippen LogP contribution in [0.5, 0.6) is 0 Å². The third-order valence-corrected chi connectivity index (χ3v) is 4.95. The van der Waals surface area contributed by atoms with Gasteiger partial charge in [0.15, 0.2) is 0 Å². The molecule has 0 radical (unpaired) electrons. The van der Waals surface area contributed by atoms with Crippen LogP contribution < -0.4 is 16.2 Å².